The van der Waals surface area contributed by atoms with Gasteiger partial charge in [0.1, 0.15) is 0 Å². The Labute approximate surface area is 94.5 Å². The van der Waals surface area contributed by atoms with E-state index in [-0.39, 0.29) is 18.2 Å². The standard InChI is InChI=1S/C11H18N2OS/c1-8(10-5-12-7-15-10)13-11(2,6-14)9-3-4-9/h5,7-9,13-14H,3-4,6H2,1-2H3. The SMILES string of the molecule is CC(NC(C)(CO)C1CC1)c1cncs1. The van der Waals surface area contributed by atoms with Crippen LogP contribution in [0.3, 0.4) is 0 Å². The molecular formula is C11H18N2OS. The van der Waals surface area contributed by atoms with Crippen LogP contribution in [0.4, 0.5) is 0 Å². The fourth-order valence-corrected chi connectivity index (χ4v) is 2.65. The number of aliphatic hydroxyl groups excluding tert-OH is 1. The third-order valence-corrected chi connectivity index (χ3v) is 4.19. The van der Waals surface area contributed by atoms with Gasteiger partial charge in [-0.15, -0.1) is 11.3 Å². The summed E-state index contributed by atoms with van der Waals surface area (Å²) in [5, 5.41) is 13.0. The van der Waals surface area contributed by atoms with Crippen LogP contribution in [0.5, 0.6) is 0 Å². The summed E-state index contributed by atoms with van der Waals surface area (Å²) in [7, 11) is 0. The van der Waals surface area contributed by atoms with Gasteiger partial charge in [-0.2, -0.15) is 0 Å². The topological polar surface area (TPSA) is 45.1 Å². The van der Waals surface area contributed by atoms with Gasteiger partial charge in [-0.05, 0) is 32.6 Å². The van der Waals surface area contributed by atoms with E-state index in [1.54, 1.807) is 11.3 Å². The van der Waals surface area contributed by atoms with Crippen molar-refractivity contribution < 1.29 is 5.11 Å². The Kier molecular flexibility index (Phi) is 3.09. The quantitative estimate of drug-likeness (QED) is 0.806. The normalized spacial score (nSPS) is 22.3. The third kappa shape index (κ3) is 2.38. The van der Waals surface area contributed by atoms with Crippen LogP contribution in [0.2, 0.25) is 0 Å². The van der Waals surface area contributed by atoms with Crippen molar-refractivity contribution >= 4 is 11.3 Å². The summed E-state index contributed by atoms with van der Waals surface area (Å²) in [4.78, 5) is 5.31. The summed E-state index contributed by atoms with van der Waals surface area (Å²) in [5.41, 5.74) is 1.73. The van der Waals surface area contributed by atoms with Crippen LogP contribution in [0.1, 0.15) is 37.6 Å². The number of aromatic nitrogens is 1. The summed E-state index contributed by atoms with van der Waals surface area (Å²) in [5.74, 6) is 0.637. The Morgan fingerprint density at radius 2 is 2.47 bits per heavy atom. The first-order chi connectivity index (χ1) is 7.15. The second-order valence-corrected chi connectivity index (χ2v) is 5.54. The maximum atomic E-state index is 9.47. The zero-order chi connectivity index (χ0) is 10.9. The average Bonchev–Trinajstić information content (AvgIpc) is 2.94. The summed E-state index contributed by atoms with van der Waals surface area (Å²) in [6.07, 6.45) is 4.37. The second-order valence-electron chi connectivity index (χ2n) is 4.62. The Morgan fingerprint density at radius 1 is 1.73 bits per heavy atom. The van der Waals surface area contributed by atoms with Gasteiger partial charge >= 0.3 is 0 Å². The maximum Gasteiger partial charge on any atom is 0.0794 e. The van der Waals surface area contributed by atoms with Gasteiger partial charge < -0.3 is 10.4 Å². The molecule has 0 amide bonds. The molecule has 1 aromatic heterocycles. The lowest BCUT2D eigenvalue weighted by Crippen LogP contribution is -2.48. The third-order valence-electron chi connectivity index (χ3n) is 3.23. The molecule has 1 heterocycles. The van der Waals surface area contributed by atoms with Crippen molar-refractivity contribution in [3.05, 3.63) is 16.6 Å². The lowest BCUT2D eigenvalue weighted by molar-refractivity contribution is 0.144. The van der Waals surface area contributed by atoms with E-state index in [0.29, 0.717) is 5.92 Å². The molecule has 0 bridgehead atoms. The first-order valence-electron chi connectivity index (χ1n) is 5.42. The van der Waals surface area contributed by atoms with Crippen molar-refractivity contribution in [2.75, 3.05) is 6.61 Å². The van der Waals surface area contributed by atoms with E-state index in [1.807, 2.05) is 11.7 Å². The Morgan fingerprint density at radius 3 is 2.93 bits per heavy atom. The fourth-order valence-electron chi connectivity index (χ4n) is 2.02. The molecule has 0 saturated heterocycles. The fraction of sp³-hybridized carbons (Fsp3) is 0.727. The molecule has 2 unspecified atom stereocenters. The van der Waals surface area contributed by atoms with Crippen LogP contribution in [0.25, 0.3) is 0 Å². The van der Waals surface area contributed by atoms with Crippen LogP contribution >= 0.6 is 11.3 Å². The van der Waals surface area contributed by atoms with E-state index in [9.17, 15) is 5.11 Å². The van der Waals surface area contributed by atoms with E-state index in [0.717, 1.165) is 0 Å². The zero-order valence-corrected chi connectivity index (χ0v) is 10.0. The lowest BCUT2D eigenvalue weighted by Gasteiger charge is -2.32. The van der Waals surface area contributed by atoms with Crippen LogP contribution in [0, 0.1) is 5.92 Å². The van der Waals surface area contributed by atoms with E-state index in [4.69, 9.17) is 0 Å². The van der Waals surface area contributed by atoms with Crippen molar-refractivity contribution in [2.45, 2.75) is 38.3 Å². The second kappa shape index (κ2) is 4.20. The van der Waals surface area contributed by atoms with E-state index < -0.39 is 0 Å². The number of nitrogens with one attached hydrogen (secondary N) is 1. The molecule has 1 aromatic rings. The number of rotatable bonds is 5. The minimum atomic E-state index is -0.122. The summed E-state index contributed by atoms with van der Waals surface area (Å²) < 4.78 is 0. The zero-order valence-electron chi connectivity index (χ0n) is 9.23. The molecule has 0 radical (unpaired) electrons. The highest BCUT2D eigenvalue weighted by molar-refractivity contribution is 7.09. The van der Waals surface area contributed by atoms with Crippen molar-refractivity contribution in [2.24, 2.45) is 5.92 Å². The first kappa shape index (κ1) is 11.0. The van der Waals surface area contributed by atoms with Gasteiger partial charge in [0.2, 0.25) is 0 Å². The molecule has 1 saturated carbocycles. The van der Waals surface area contributed by atoms with E-state index in [1.165, 1.54) is 17.7 Å². The first-order valence-corrected chi connectivity index (χ1v) is 6.30. The number of thiazole rings is 1. The number of nitrogens with zero attached hydrogens (tertiary/aromatic N) is 1. The Bertz CT molecular complexity index is 310. The molecule has 2 N–H and O–H groups in total. The largest absolute Gasteiger partial charge is 0.394 e. The molecule has 3 nitrogen and oxygen atoms in total. The predicted octanol–water partition coefficient (Wildman–Crippen LogP) is 1.95. The number of hydrogen-bond donors (Lipinski definition) is 2. The van der Waals surface area contributed by atoms with Gasteiger partial charge in [-0.25, -0.2) is 0 Å². The van der Waals surface area contributed by atoms with Gasteiger partial charge in [0, 0.05) is 22.7 Å². The molecule has 15 heavy (non-hydrogen) atoms. The van der Waals surface area contributed by atoms with Crippen molar-refractivity contribution in [1.82, 2.24) is 10.3 Å². The van der Waals surface area contributed by atoms with Crippen molar-refractivity contribution in [3.63, 3.8) is 0 Å². The van der Waals surface area contributed by atoms with Crippen molar-refractivity contribution in [3.8, 4) is 0 Å². The van der Waals surface area contributed by atoms with Gasteiger partial charge in [-0.3, -0.25) is 4.98 Å². The predicted molar refractivity (Wildman–Crippen MR) is 61.9 cm³/mol. The summed E-state index contributed by atoms with van der Waals surface area (Å²) in [6.45, 7) is 4.45. The molecule has 2 atom stereocenters. The number of aliphatic hydroxyl groups is 1. The molecule has 4 heteroatoms. The minimum Gasteiger partial charge on any atom is -0.394 e. The Hall–Kier alpha value is -0.450. The van der Waals surface area contributed by atoms with Crippen LogP contribution in [-0.4, -0.2) is 22.2 Å². The van der Waals surface area contributed by atoms with Gasteiger partial charge in [-0.1, -0.05) is 0 Å². The number of hydrogen-bond acceptors (Lipinski definition) is 4. The van der Waals surface area contributed by atoms with E-state index >= 15 is 0 Å². The summed E-state index contributed by atoms with van der Waals surface area (Å²) >= 11 is 1.66. The van der Waals surface area contributed by atoms with Crippen LogP contribution < -0.4 is 5.32 Å². The highest BCUT2D eigenvalue weighted by Crippen LogP contribution is 2.40. The molecule has 1 aliphatic carbocycles. The van der Waals surface area contributed by atoms with Crippen LogP contribution in [0.15, 0.2) is 11.7 Å². The highest BCUT2D eigenvalue weighted by Gasteiger charge is 2.41. The lowest BCUT2D eigenvalue weighted by atomic mass is 9.95. The van der Waals surface area contributed by atoms with Gasteiger partial charge in [0.25, 0.3) is 0 Å². The molecule has 0 aromatic carbocycles. The molecule has 1 fully saturated rings. The molecular weight excluding hydrogens is 208 g/mol. The molecule has 0 aliphatic heterocycles. The maximum absolute atomic E-state index is 9.47. The minimum absolute atomic E-state index is 0.122. The molecule has 0 spiro atoms. The monoisotopic (exact) mass is 226 g/mol. The van der Waals surface area contributed by atoms with Gasteiger partial charge in [0.15, 0.2) is 0 Å². The van der Waals surface area contributed by atoms with Crippen LogP contribution in [-0.2, 0) is 0 Å². The van der Waals surface area contributed by atoms with E-state index in [2.05, 4.69) is 24.1 Å². The average molecular weight is 226 g/mol. The Balaban J connectivity index is 2.00. The molecule has 84 valence electrons. The van der Waals surface area contributed by atoms with Gasteiger partial charge in [0.05, 0.1) is 12.1 Å². The highest BCUT2D eigenvalue weighted by atomic mass is 32.1. The smallest absolute Gasteiger partial charge is 0.0794 e. The summed E-state index contributed by atoms with van der Waals surface area (Å²) in [6, 6.07) is 0.273. The van der Waals surface area contributed by atoms with Crippen molar-refractivity contribution in [1.29, 1.82) is 0 Å². The molecule has 1 aliphatic rings. The molecule has 2 rings (SSSR count).